The second kappa shape index (κ2) is 8.87. The molecule has 4 rings (SSSR count). The van der Waals surface area contributed by atoms with E-state index in [0.717, 1.165) is 0 Å². The Morgan fingerprint density at radius 2 is 1.82 bits per heavy atom. The quantitative estimate of drug-likeness (QED) is 0.599. The second-order valence-corrected chi connectivity index (χ2v) is 8.61. The molecule has 0 aliphatic carbocycles. The number of nitrogens with zero attached hydrogens (tertiary/aromatic N) is 6. The zero-order valence-corrected chi connectivity index (χ0v) is 19.0. The van der Waals surface area contributed by atoms with Crippen molar-refractivity contribution in [3.8, 4) is 6.07 Å². The summed E-state index contributed by atoms with van der Waals surface area (Å²) in [5.41, 5.74) is 2.52. The Balaban J connectivity index is 1.67. The van der Waals surface area contributed by atoms with Crippen molar-refractivity contribution in [1.82, 2.24) is 19.4 Å². The molecule has 0 N–H and O–H groups in total. The molecule has 0 amide bonds. The van der Waals surface area contributed by atoms with Crippen LogP contribution < -0.4 is 10.5 Å². The maximum Gasteiger partial charge on any atom is 0.280 e. The first-order valence-electron chi connectivity index (χ1n) is 10.9. The number of alkyl halides is 2. The first kappa shape index (κ1) is 22.8. The van der Waals surface area contributed by atoms with Crippen LogP contribution in [0.1, 0.15) is 50.3 Å². The number of nitriles is 1. The lowest BCUT2D eigenvalue weighted by Gasteiger charge is -2.47. The SMILES string of the molecule is CC(c1cccc(C(F)F)n1)N1C[C@H](C)N(c2cc(=O)n(C)c3ccc(C#N)nc23)C[C@@H]1C. The highest BCUT2D eigenvalue weighted by Crippen LogP contribution is 2.32. The molecule has 3 aromatic heterocycles. The number of hydrogen-bond donors (Lipinski definition) is 0. The number of piperazine rings is 1. The van der Waals surface area contributed by atoms with E-state index in [4.69, 9.17) is 0 Å². The molecule has 4 heterocycles. The van der Waals surface area contributed by atoms with Gasteiger partial charge in [-0.05, 0) is 45.0 Å². The monoisotopic (exact) mass is 452 g/mol. The molecule has 0 aromatic carbocycles. The van der Waals surface area contributed by atoms with Gasteiger partial charge in [0.2, 0.25) is 0 Å². The van der Waals surface area contributed by atoms with Crippen molar-refractivity contribution < 1.29 is 8.78 Å². The summed E-state index contributed by atoms with van der Waals surface area (Å²) in [6.45, 7) is 7.37. The third kappa shape index (κ3) is 4.18. The van der Waals surface area contributed by atoms with Crippen LogP contribution in [0.5, 0.6) is 0 Å². The van der Waals surface area contributed by atoms with Crippen LogP contribution in [0.15, 0.2) is 41.2 Å². The molecule has 7 nitrogen and oxygen atoms in total. The topological polar surface area (TPSA) is 78.0 Å². The Hall–Kier alpha value is -3.38. The zero-order valence-electron chi connectivity index (χ0n) is 19.0. The van der Waals surface area contributed by atoms with Crippen molar-refractivity contribution in [2.45, 2.75) is 45.3 Å². The molecule has 1 fully saturated rings. The lowest BCUT2D eigenvalue weighted by atomic mass is 10.0. The highest BCUT2D eigenvalue weighted by Gasteiger charge is 2.34. The van der Waals surface area contributed by atoms with Crippen molar-refractivity contribution in [1.29, 1.82) is 5.26 Å². The molecular formula is C24H26F2N6O. The van der Waals surface area contributed by atoms with Gasteiger partial charge in [-0.1, -0.05) is 6.07 Å². The minimum absolute atomic E-state index is 0.0183. The summed E-state index contributed by atoms with van der Waals surface area (Å²) in [4.78, 5) is 25.7. The number of aryl methyl sites for hydroxylation is 1. The van der Waals surface area contributed by atoms with Gasteiger partial charge in [0.25, 0.3) is 12.0 Å². The van der Waals surface area contributed by atoms with Crippen LogP contribution in [0.2, 0.25) is 0 Å². The summed E-state index contributed by atoms with van der Waals surface area (Å²) in [5, 5.41) is 9.32. The van der Waals surface area contributed by atoms with Crippen molar-refractivity contribution >= 4 is 16.7 Å². The molecule has 172 valence electrons. The number of anilines is 1. The van der Waals surface area contributed by atoms with Crippen LogP contribution in [0.4, 0.5) is 14.5 Å². The van der Waals surface area contributed by atoms with E-state index in [2.05, 4.69) is 39.7 Å². The van der Waals surface area contributed by atoms with Gasteiger partial charge in [0.1, 0.15) is 23.0 Å². The fourth-order valence-corrected chi connectivity index (χ4v) is 4.61. The van der Waals surface area contributed by atoms with Gasteiger partial charge in [0, 0.05) is 44.3 Å². The van der Waals surface area contributed by atoms with E-state index in [1.165, 1.54) is 10.6 Å². The molecule has 0 saturated carbocycles. The number of fused-ring (bicyclic) bond motifs is 1. The fourth-order valence-electron chi connectivity index (χ4n) is 4.61. The minimum atomic E-state index is -2.61. The number of hydrogen-bond acceptors (Lipinski definition) is 6. The molecule has 0 bridgehead atoms. The first-order valence-corrected chi connectivity index (χ1v) is 10.9. The van der Waals surface area contributed by atoms with Gasteiger partial charge < -0.3 is 9.47 Å². The largest absolute Gasteiger partial charge is 0.364 e. The maximum absolute atomic E-state index is 13.1. The number of aromatic nitrogens is 3. The molecule has 33 heavy (non-hydrogen) atoms. The highest BCUT2D eigenvalue weighted by atomic mass is 19.3. The van der Waals surface area contributed by atoms with E-state index in [9.17, 15) is 18.8 Å². The molecule has 1 unspecified atom stereocenters. The Morgan fingerprint density at radius 3 is 2.52 bits per heavy atom. The van der Waals surface area contributed by atoms with Gasteiger partial charge in [-0.15, -0.1) is 0 Å². The first-order chi connectivity index (χ1) is 15.7. The summed E-state index contributed by atoms with van der Waals surface area (Å²) in [6, 6.07) is 11.7. The summed E-state index contributed by atoms with van der Waals surface area (Å²) in [6.07, 6.45) is -2.61. The molecule has 0 radical (unpaired) electrons. The second-order valence-electron chi connectivity index (χ2n) is 8.61. The smallest absolute Gasteiger partial charge is 0.280 e. The summed E-state index contributed by atoms with van der Waals surface area (Å²) in [5.74, 6) is 0. The van der Waals surface area contributed by atoms with Gasteiger partial charge >= 0.3 is 0 Å². The minimum Gasteiger partial charge on any atom is -0.364 e. The Bertz CT molecular complexity index is 1280. The molecule has 3 atom stereocenters. The molecule has 1 saturated heterocycles. The van der Waals surface area contributed by atoms with E-state index in [1.54, 1.807) is 37.4 Å². The lowest BCUT2D eigenvalue weighted by Crippen LogP contribution is -2.57. The molecular weight excluding hydrogens is 426 g/mol. The van der Waals surface area contributed by atoms with Gasteiger partial charge in [-0.2, -0.15) is 5.26 Å². The van der Waals surface area contributed by atoms with Crippen LogP contribution in [0.3, 0.4) is 0 Å². The average molecular weight is 453 g/mol. The number of pyridine rings is 3. The van der Waals surface area contributed by atoms with E-state index >= 15 is 0 Å². The van der Waals surface area contributed by atoms with Crippen LogP contribution in [-0.4, -0.2) is 44.6 Å². The van der Waals surface area contributed by atoms with Gasteiger partial charge in [-0.25, -0.2) is 13.8 Å². The van der Waals surface area contributed by atoms with E-state index in [-0.39, 0.29) is 29.4 Å². The third-order valence-electron chi connectivity index (χ3n) is 6.47. The Kier molecular flexibility index (Phi) is 6.13. The van der Waals surface area contributed by atoms with Crippen molar-refractivity contribution in [3.05, 3.63) is 63.8 Å². The fraction of sp³-hybridized carbons (Fsp3) is 0.417. The summed E-state index contributed by atoms with van der Waals surface area (Å²) in [7, 11) is 1.69. The molecule has 0 spiro atoms. The van der Waals surface area contributed by atoms with Crippen LogP contribution >= 0.6 is 0 Å². The van der Waals surface area contributed by atoms with Gasteiger partial charge in [0.05, 0.1) is 16.9 Å². The van der Waals surface area contributed by atoms with Gasteiger partial charge in [0.15, 0.2) is 0 Å². The van der Waals surface area contributed by atoms with Crippen molar-refractivity contribution in [2.24, 2.45) is 7.05 Å². The predicted octanol–water partition coefficient (Wildman–Crippen LogP) is 3.80. The summed E-state index contributed by atoms with van der Waals surface area (Å²) < 4.78 is 27.8. The van der Waals surface area contributed by atoms with Crippen molar-refractivity contribution in [2.75, 3.05) is 18.0 Å². The average Bonchev–Trinajstić information content (AvgIpc) is 2.82. The number of halogens is 2. The number of rotatable bonds is 4. The normalized spacial score (nSPS) is 20.2. The van der Waals surface area contributed by atoms with E-state index in [1.807, 2.05) is 6.92 Å². The third-order valence-corrected chi connectivity index (χ3v) is 6.47. The summed E-state index contributed by atoms with van der Waals surface area (Å²) >= 11 is 0. The lowest BCUT2D eigenvalue weighted by molar-refractivity contribution is 0.115. The predicted molar refractivity (Wildman–Crippen MR) is 122 cm³/mol. The highest BCUT2D eigenvalue weighted by molar-refractivity contribution is 5.89. The van der Waals surface area contributed by atoms with Crippen LogP contribution in [0.25, 0.3) is 11.0 Å². The maximum atomic E-state index is 13.1. The molecule has 1 aliphatic rings. The standard InChI is InChI=1S/C24H26F2N6O/c1-14-13-32(21-10-22(33)30(4)20-9-8-17(11-27)28-23(20)21)15(2)12-31(14)16(3)18-6-5-7-19(29-18)24(25)26/h5-10,14-16,24H,12-13H2,1-4H3/t14-,15-,16?/m0/s1. The van der Waals surface area contributed by atoms with Crippen LogP contribution in [0, 0.1) is 11.3 Å². The molecule has 9 heteroatoms. The zero-order chi connectivity index (χ0) is 23.9. The van der Waals surface area contributed by atoms with E-state index < -0.39 is 6.43 Å². The Labute approximate surface area is 190 Å². The van der Waals surface area contributed by atoms with Gasteiger partial charge in [-0.3, -0.25) is 14.7 Å². The molecule has 1 aliphatic heterocycles. The van der Waals surface area contributed by atoms with E-state index in [0.29, 0.717) is 41.2 Å². The van der Waals surface area contributed by atoms with Crippen LogP contribution in [-0.2, 0) is 7.05 Å². The Morgan fingerprint density at radius 1 is 1.09 bits per heavy atom. The molecule has 3 aromatic rings. The van der Waals surface area contributed by atoms with Crippen molar-refractivity contribution in [3.63, 3.8) is 0 Å².